The van der Waals surface area contributed by atoms with Gasteiger partial charge in [-0.2, -0.15) is 0 Å². The lowest BCUT2D eigenvalue weighted by molar-refractivity contribution is -0.0182. The van der Waals surface area contributed by atoms with Gasteiger partial charge in [0.2, 0.25) is 0 Å². The molecule has 1 aliphatic rings. The number of benzene rings is 1. The van der Waals surface area contributed by atoms with Crippen molar-refractivity contribution in [3.05, 3.63) is 28.8 Å². The molecule has 0 radical (unpaired) electrons. The second-order valence-corrected chi connectivity index (χ2v) is 5.10. The van der Waals surface area contributed by atoms with Crippen molar-refractivity contribution in [1.82, 2.24) is 10.2 Å². The standard InChI is InChI=1S/C13H19ClN2O2/c1-16-4-5-18-12(9-16)8-15-7-10-6-11(14)2-3-13(10)17/h2-3,6,12,15,17H,4-5,7-9H2,1H3. The fourth-order valence-corrected chi connectivity index (χ4v) is 2.25. The Bertz CT molecular complexity index is 401. The summed E-state index contributed by atoms with van der Waals surface area (Å²) in [4.78, 5) is 2.26. The van der Waals surface area contributed by atoms with Crippen molar-refractivity contribution in [2.24, 2.45) is 0 Å². The van der Waals surface area contributed by atoms with Crippen LogP contribution in [0.15, 0.2) is 18.2 Å². The van der Waals surface area contributed by atoms with Gasteiger partial charge in [0.15, 0.2) is 0 Å². The third-order valence-electron chi connectivity index (χ3n) is 3.07. The largest absolute Gasteiger partial charge is 0.508 e. The topological polar surface area (TPSA) is 44.7 Å². The Morgan fingerprint density at radius 1 is 1.56 bits per heavy atom. The summed E-state index contributed by atoms with van der Waals surface area (Å²) in [6, 6.07) is 5.07. The summed E-state index contributed by atoms with van der Waals surface area (Å²) < 4.78 is 5.65. The number of nitrogens with zero attached hydrogens (tertiary/aromatic N) is 1. The maximum atomic E-state index is 9.68. The Kier molecular flexibility index (Phi) is 4.83. The minimum atomic E-state index is 0.213. The van der Waals surface area contributed by atoms with Gasteiger partial charge in [-0.05, 0) is 25.2 Å². The molecule has 2 N–H and O–H groups in total. The third kappa shape index (κ3) is 3.85. The molecular weight excluding hydrogens is 252 g/mol. The summed E-state index contributed by atoms with van der Waals surface area (Å²) >= 11 is 5.89. The Labute approximate surface area is 113 Å². The van der Waals surface area contributed by atoms with Crippen LogP contribution in [-0.4, -0.2) is 49.4 Å². The Morgan fingerprint density at radius 3 is 3.17 bits per heavy atom. The zero-order valence-corrected chi connectivity index (χ0v) is 11.3. The van der Waals surface area contributed by atoms with Crippen LogP contribution in [0.5, 0.6) is 5.75 Å². The van der Waals surface area contributed by atoms with Gasteiger partial charge in [0.1, 0.15) is 5.75 Å². The van der Waals surface area contributed by atoms with Gasteiger partial charge in [-0.1, -0.05) is 11.6 Å². The number of nitrogens with one attached hydrogen (secondary N) is 1. The molecule has 1 aromatic rings. The molecule has 0 aliphatic carbocycles. The predicted molar refractivity (Wildman–Crippen MR) is 72.1 cm³/mol. The number of aromatic hydroxyl groups is 1. The van der Waals surface area contributed by atoms with Gasteiger partial charge in [0.05, 0.1) is 12.7 Å². The molecule has 1 unspecified atom stereocenters. The van der Waals surface area contributed by atoms with E-state index in [0.29, 0.717) is 11.6 Å². The zero-order chi connectivity index (χ0) is 13.0. The maximum absolute atomic E-state index is 9.68. The molecule has 1 heterocycles. The number of rotatable bonds is 4. The molecule has 1 atom stereocenters. The number of morpholine rings is 1. The van der Waals surface area contributed by atoms with Crippen LogP contribution in [0.2, 0.25) is 5.02 Å². The van der Waals surface area contributed by atoms with Crippen molar-refractivity contribution in [1.29, 1.82) is 0 Å². The first-order chi connectivity index (χ1) is 8.65. The van der Waals surface area contributed by atoms with E-state index in [2.05, 4.69) is 17.3 Å². The molecule has 1 saturated heterocycles. The first-order valence-corrected chi connectivity index (χ1v) is 6.51. The van der Waals surface area contributed by atoms with E-state index in [9.17, 15) is 5.11 Å². The smallest absolute Gasteiger partial charge is 0.120 e. The van der Waals surface area contributed by atoms with E-state index < -0.39 is 0 Å². The SMILES string of the molecule is CN1CCOC(CNCc2cc(Cl)ccc2O)C1. The number of hydrogen-bond acceptors (Lipinski definition) is 4. The molecule has 1 fully saturated rings. The summed E-state index contributed by atoms with van der Waals surface area (Å²) in [7, 11) is 2.10. The minimum absolute atomic E-state index is 0.213. The number of halogens is 1. The van der Waals surface area contributed by atoms with Gasteiger partial charge in [-0.15, -0.1) is 0 Å². The molecule has 0 aromatic heterocycles. The molecule has 2 rings (SSSR count). The number of ether oxygens (including phenoxy) is 1. The normalized spacial score (nSPS) is 21.1. The lowest BCUT2D eigenvalue weighted by atomic mass is 10.2. The molecule has 4 nitrogen and oxygen atoms in total. The first-order valence-electron chi connectivity index (χ1n) is 6.13. The average Bonchev–Trinajstić information content (AvgIpc) is 2.34. The molecule has 0 saturated carbocycles. The summed E-state index contributed by atoms with van der Waals surface area (Å²) in [6.07, 6.45) is 0.213. The number of likely N-dealkylation sites (N-methyl/N-ethyl adjacent to an activating group) is 1. The first kappa shape index (κ1) is 13.6. The van der Waals surface area contributed by atoms with Gasteiger partial charge >= 0.3 is 0 Å². The van der Waals surface area contributed by atoms with Gasteiger partial charge in [-0.3, -0.25) is 0 Å². The van der Waals surface area contributed by atoms with Crippen molar-refractivity contribution in [3.8, 4) is 5.75 Å². The molecule has 100 valence electrons. The predicted octanol–water partition coefficient (Wildman–Crippen LogP) is 1.47. The highest BCUT2D eigenvalue weighted by Crippen LogP contribution is 2.21. The molecule has 0 amide bonds. The molecule has 1 aromatic carbocycles. The highest BCUT2D eigenvalue weighted by atomic mass is 35.5. The van der Waals surface area contributed by atoms with Crippen molar-refractivity contribution in [2.75, 3.05) is 33.3 Å². The van der Waals surface area contributed by atoms with E-state index >= 15 is 0 Å². The van der Waals surface area contributed by atoms with Crippen molar-refractivity contribution < 1.29 is 9.84 Å². The summed E-state index contributed by atoms with van der Waals surface area (Å²) in [5.41, 5.74) is 0.812. The molecule has 0 spiro atoms. The lowest BCUT2D eigenvalue weighted by Crippen LogP contribution is -2.44. The van der Waals surface area contributed by atoms with Crippen LogP contribution in [0.3, 0.4) is 0 Å². The molecule has 0 bridgehead atoms. The molecule has 18 heavy (non-hydrogen) atoms. The third-order valence-corrected chi connectivity index (χ3v) is 3.31. The van der Waals surface area contributed by atoms with Crippen LogP contribution in [0.25, 0.3) is 0 Å². The second-order valence-electron chi connectivity index (χ2n) is 4.66. The fraction of sp³-hybridized carbons (Fsp3) is 0.538. The van der Waals surface area contributed by atoms with Crippen LogP contribution in [-0.2, 0) is 11.3 Å². The van der Waals surface area contributed by atoms with Crippen LogP contribution < -0.4 is 5.32 Å². The minimum Gasteiger partial charge on any atom is -0.508 e. The average molecular weight is 271 g/mol. The summed E-state index contributed by atoms with van der Waals surface area (Å²) in [5, 5.41) is 13.6. The zero-order valence-electron chi connectivity index (χ0n) is 10.5. The van der Waals surface area contributed by atoms with Gasteiger partial charge in [-0.25, -0.2) is 0 Å². The molecule has 5 heteroatoms. The fourth-order valence-electron chi connectivity index (χ4n) is 2.05. The van der Waals surface area contributed by atoms with Crippen LogP contribution >= 0.6 is 11.6 Å². The monoisotopic (exact) mass is 270 g/mol. The van der Waals surface area contributed by atoms with Gasteiger partial charge in [0, 0.05) is 36.8 Å². The summed E-state index contributed by atoms with van der Waals surface area (Å²) in [5.74, 6) is 0.272. The van der Waals surface area contributed by atoms with E-state index in [4.69, 9.17) is 16.3 Å². The lowest BCUT2D eigenvalue weighted by Gasteiger charge is -2.30. The van der Waals surface area contributed by atoms with Crippen molar-refractivity contribution in [3.63, 3.8) is 0 Å². The van der Waals surface area contributed by atoms with Crippen LogP contribution in [0.1, 0.15) is 5.56 Å². The molecule has 1 aliphatic heterocycles. The summed E-state index contributed by atoms with van der Waals surface area (Å²) in [6.45, 7) is 4.08. The van der Waals surface area contributed by atoms with E-state index in [0.717, 1.165) is 31.8 Å². The van der Waals surface area contributed by atoms with E-state index in [1.165, 1.54) is 0 Å². The van der Waals surface area contributed by atoms with E-state index in [1.807, 2.05) is 0 Å². The van der Waals surface area contributed by atoms with Crippen LogP contribution in [0.4, 0.5) is 0 Å². The maximum Gasteiger partial charge on any atom is 0.120 e. The molecular formula is C13H19ClN2O2. The number of phenolic OH excluding ortho intramolecular Hbond substituents is 1. The van der Waals surface area contributed by atoms with E-state index in [1.54, 1.807) is 18.2 Å². The second kappa shape index (κ2) is 6.38. The highest BCUT2D eigenvalue weighted by molar-refractivity contribution is 6.30. The van der Waals surface area contributed by atoms with Crippen LogP contribution in [0, 0.1) is 0 Å². The Morgan fingerprint density at radius 2 is 2.39 bits per heavy atom. The quantitative estimate of drug-likeness (QED) is 0.870. The van der Waals surface area contributed by atoms with Crippen molar-refractivity contribution in [2.45, 2.75) is 12.6 Å². The number of hydrogen-bond donors (Lipinski definition) is 2. The van der Waals surface area contributed by atoms with E-state index in [-0.39, 0.29) is 11.9 Å². The highest BCUT2D eigenvalue weighted by Gasteiger charge is 2.17. The van der Waals surface area contributed by atoms with Crippen molar-refractivity contribution >= 4 is 11.6 Å². The van der Waals surface area contributed by atoms with Gasteiger partial charge in [0.25, 0.3) is 0 Å². The van der Waals surface area contributed by atoms with Gasteiger partial charge < -0.3 is 20.1 Å². The number of phenols is 1. The Hall–Kier alpha value is -0.810. The Balaban J connectivity index is 1.79.